The molecule has 0 spiro atoms. The van der Waals surface area contributed by atoms with Crippen molar-refractivity contribution in [3.05, 3.63) is 29.6 Å². The maximum atomic E-state index is 13.9. The van der Waals surface area contributed by atoms with Gasteiger partial charge in [0.1, 0.15) is 28.2 Å². The number of halogens is 1. The summed E-state index contributed by atoms with van der Waals surface area (Å²) in [6, 6.07) is 5.18. The van der Waals surface area contributed by atoms with Crippen molar-refractivity contribution in [2.75, 3.05) is 17.7 Å². The molecule has 0 saturated carbocycles. The van der Waals surface area contributed by atoms with Crippen molar-refractivity contribution in [3.8, 4) is 17.3 Å². The summed E-state index contributed by atoms with van der Waals surface area (Å²) in [4.78, 5) is 7.05. The summed E-state index contributed by atoms with van der Waals surface area (Å²) in [6.45, 7) is 0. The second kappa shape index (κ2) is 4.99. The Bertz CT molecular complexity index is 874. The van der Waals surface area contributed by atoms with E-state index >= 15 is 0 Å². The lowest BCUT2D eigenvalue weighted by molar-refractivity contribution is 0.571. The third-order valence-corrected chi connectivity index (χ3v) is 3.80. The van der Waals surface area contributed by atoms with Crippen LogP contribution in [0.25, 0.3) is 11.3 Å². The third-order valence-electron chi connectivity index (χ3n) is 2.67. The van der Waals surface area contributed by atoms with Crippen molar-refractivity contribution >= 4 is 21.6 Å². The molecule has 0 atom stereocenters. The first-order valence-corrected chi connectivity index (χ1v) is 7.46. The topological polar surface area (TPSA) is 136 Å². The third kappa shape index (κ3) is 2.75. The van der Waals surface area contributed by atoms with E-state index in [0.29, 0.717) is 0 Å². The maximum Gasteiger partial charge on any atom is 0.222 e. The Labute approximate surface area is 120 Å². The molecule has 2 rings (SSSR count). The van der Waals surface area contributed by atoms with Crippen LogP contribution in [-0.2, 0) is 9.84 Å². The van der Waals surface area contributed by atoms with Crippen molar-refractivity contribution in [2.45, 2.75) is 4.90 Å². The fraction of sp³-hybridized carbons (Fsp3) is 0.0833. The predicted octanol–water partition coefficient (Wildman–Crippen LogP) is 0.722. The molecule has 0 saturated heterocycles. The van der Waals surface area contributed by atoms with Gasteiger partial charge in [-0.05, 0) is 12.1 Å². The van der Waals surface area contributed by atoms with Gasteiger partial charge in [0, 0.05) is 11.8 Å². The summed E-state index contributed by atoms with van der Waals surface area (Å²) in [7, 11) is -3.69. The summed E-state index contributed by atoms with van der Waals surface area (Å²) in [6.07, 6.45) is 0.895. The Hall–Kier alpha value is -2.73. The van der Waals surface area contributed by atoms with Gasteiger partial charge in [0.25, 0.3) is 0 Å². The molecule has 2 aromatic rings. The number of nitrogens with zero attached hydrogens (tertiary/aromatic N) is 3. The molecule has 0 unspecified atom stereocenters. The fourth-order valence-corrected chi connectivity index (χ4v) is 2.49. The number of nitrogen functional groups attached to an aromatic ring is 2. The van der Waals surface area contributed by atoms with Crippen LogP contribution in [0.15, 0.2) is 23.1 Å². The molecule has 0 bridgehead atoms. The highest BCUT2D eigenvalue weighted by molar-refractivity contribution is 7.90. The summed E-state index contributed by atoms with van der Waals surface area (Å²) in [5.74, 6) is -1.25. The highest BCUT2D eigenvalue weighted by Gasteiger charge is 2.18. The molecule has 1 aromatic heterocycles. The molecule has 0 radical (unpaired) electrons. The van der Waals surface area contributed by atoms with Crippen molar-refractivity contribution in [3.63, 3.8) is 0 Å². The number of benzene rings is 1. The van der Waals surface area contributed by atoms with Gasteiger partial charge in [-0.3, -0.25) is 0 Å². The van der Waals surface area contributed by atoms with Crippen LogP contribution in [-0.4, -0.2) is 24.6 Å². The molecular formula is C12H10FN5O2S. The minimum atomic E-state index is -3.69. The first-order valence-electron chi connectivity index (χ1n) is 5.57. The number of hydrogen-bond acceptors (Lipinski definition) is 7. The Morgan fingerprint density at radius 3 is 2.48 bits per heavy atom. The standard InChI is InChI=1S/C12H10FN5O2S/c1-21(19,20)9-3-2-6(4-8(9)13)10-7(5-14)11(15)18-12(16)17-10/h2-4H,1H3,(H4,15,16,17,18). The summed E-state index contributed by atoms with van der Waals surface area (Å²) >= 11 is 0. The van der Waals surface area contributed by atoms with Gasteiger partial charge in [-0.2, -0.15) is 10.2 Å². The van der Waals surface area contributed by atoms with E-state index in [9.17, 15) is 12.8 Å². The smallest absolute Gasteiger partial charge is 0.222 e. The first-order chi connectivity index (χ1) is 9.74. The van der Waals surface area contributed by atoms with Gasteiger partial charge in [0.15, 0.2) is 9.84 Å². The molecule has 0 aliphatic rings. The van der Waals surface area contributed by atoms with E-state index in [4.69, 9.17) is 16.7 Å². The van der Waals surface area contributed by atoms with Crippen LogP contribution in [0.1, 0.15) is 5.56 Å². The molecule has 21 heavy (non-hydrogen) atoms. The minimum Gasteiger partial charge on any atom is -0.382 e. The zero-order chi connectivity index (χ0) is 15.8. The molecule has 1 aromatic carbocycles. The van der Waals surface area contributed by atoms with Crippen molar-refractivity contribution in [2.24, 2.45) is 0 Å². The lowest BCUT2D eigenvalue weighted by Crippen LogP contribution is -2.06. The monoisotopic (exact) mass is 307 g/mol. The molecule has 0 aliphatic heterocycles. The number of anilines is 2. The molecule has 1 heterocycles. The quantitative estimate of drug-likeness (QED) is 0.834. The molecule has 0 amide bonds. The lowest BCUT2D eigenvalue weighted by Gasteiger charge is -2.08. The van der Waals surface area contributed by atoms with Crippen LogP contribution in [0.4, 0.5) is 16.2 Å². The largest absolute Gasteiger partial charge is 0.382 e. The number of rotatable bonds is 2. The van der Waals surface area contributed by atoms with Crippen LogP contribution < -0.4 is 11.5 Å². The van der Waals surface area contributed by atoms with E-state index in [2.05, 4.69) is 9.97 Å². The molecule has 9 heteroatoms. The summed E-state index contributed by atoms with van der Waals surface area (Å²) < 4.78 is 36.7. The SMILES string of the molecule is CS(=O)(=O)c1ccc(-c2nc(N)nc(N)c2C#N)cc1F. The molecule has 7 nitrogen and oxygen atoms in total. The Kier molecular flexibility index (Phi) is 3.49. The van der Waals surface area contributed by atoms with Gasteiger partial charge in [-0.1, -0.05) is 6.07 Å². The normalized spacial score (nSPS) is 11.1. The van der Waals surface area contributed by atoms with Crippen LogP contribution in [0.2, 0.25) is 0 Å². The Balaban J connectivity index is 2.70. The average Bonchev–Trinajstić information content (AvgIpc) is 2.36. The Morgan fingerprint density at radius 2 is 1.95 bits per heavy atom. The minimum absolute atomic E-state index is 0.0430. The van der Waals surface area contributed by atoms with Crippen molar-refractivity contribution in [1.29, 1.82) is 5.26 Å². The summed E-state index contributed by atoms with van der Waals surface area (Å²) in [5.41, 5.74) is 11.2. The highest BCUT2D eigenvalue weighted by Crippen LogP contribution is 2.27. The number of nitrogens with two attached hydrogens (primary N) is 2. The van der Waals surface area contributed by atoms with Crippen LogP contribution in [0, 0.1) is 17.1 Å². The van der Waals surface area contributed by atoms with Gasteiger partial charge >= 0.3 is 0 Å². The molecule has 0 aliphatic carbocycles. The second-order valence-electron chi connectivity index (χ2n) is 4.22. The van der Waals surface area contributed by atoms with Gasteiger partial charge < -0.3 is 11.5 Å². The lowest BCUT2D eigenvalue weighted by atomic mass is 10.1. The van der Waals surface area contributed by atoms with Gasteiger partial charge in [-0.25, -0.2) is 17.8 Å². The zero-order valence-electron chi connectivity index (χ0n) is 10.8. The first kappa shape index (κ1) is 14.7. The fourth-order valence-electron chi connectivity index (χ4n) is 1.76. The van der Waals surface area contributed by atoms with E-state index in [1.165, 1.54) is 6.07 Å². The van der Waals surface area contributed by atoms with E-state index in [1.54, 1.807) is 0 Å². The summed E-state index contributed by atoms with van der Waals surface area (Å²) in [5, 5.41) is 9.06. The number of sulfone groups is 1. The number of nitriles is 1. The van der Waals surface area contributed by atoms with E-state index in [-0.39, 0.29) is 28.6 Å². The number of aromatic nitrogens is 2. The molecule has 4 N–H and O–H groups in total. The van der Waals surface area contributed by atoms with Crippen molar-refractivity contribution < 1.29 is 12.8 Å². The average molecular weight is 307 g/mol. The highest BCUT2D eigenvalue weighted by atomic mass is 32.2. The van der Waals surface area contributed by atoms with Crippen LogP contribution in [0.3, 0.4) is 0 Å². The predicted molar refractivity (Wildman–Crippen MR) is 74.1 cm³/mol. The Morgan fingerprint density at radius 1 is 1.29 bits per heavy atom. The molecule has 0 fully saturated rings. The number of hydrogen-bond donors (Lipinski definition) is 2. The van der Waals surface area contributed by atoms with E-state index < -0.39 is 20.5 Å². The van der Waals surface area contributed by atoms with Crippen molar-refractivity contribution in [1.82, 2.24) is 9.97 Å². The molecular weight excluding hydrogens is 297 g/mol. The van der Waals surface area contributed by atoms with Crippen LogP contribution in [0.5, 0.6) is 0 Å². The van der Waals surface area contributed by atoms with Crippen LogP contribution >= 0.6 is 0 Å². The van der Waals surface area contributed by atoms with Gasteiger partial charge in [-0.15, -0.1) is 0 Å². The second-order valence-corrected chi connectivity index (χ2v) is 6.20. The van der Waals surface area contributed by atoms with E-state index in [1.807, 2.05) is 6.07 Å². The van der Waals surface area contributed by atoms with E-state index in [0.717, 1.165) is 18.4 Å². The molecule has 108 valence electrons. The van der Waals surface area contributed by atoms with Gasteiger partial charge in [0.05, 0.1) is 5.69 Å². The maximum absolute atomic E-state index is 13.9. The van der Waals surface area contributed by atoms with Gasteiger partial charge in [0.2, 0.25) is 5.95 Å². The zero-order valence-corrected chi connectivity index (χ0v) is 11.6.